The van der Waals surface area contributed by atoms with Crippen molar-refractivity contribution < 1.29 is 4.74 Å². The van der Waals surface area contributed by atoms with E-state index < -0.39 is 0 Å². The molecule has 5 nitrogen and oxygen atoms in total. The monoisotopic (exact) mass is 492 g/mol. The number of anilines is 1. The fourth-order valence-electron chi connectivity index (χ4n) is 4.46. The minimum Gasteiger partial charge on any atom is -0.495 e. The fourth-order valence-corrected chi connectivity index (χ4v) is 5.61. The van der Waals surface area contributed by atoms with Crippen molar-refractivity contribution in [1.29, 1.82) is 0 Å². The number of hydrogen-bond donors (Lipinski definition) is 1. The van der Waals surface area contributed by atoms with Crippen molar-refractivity contribution in [2.75, 3.05) is 25.1 Å². The first-order valence-corrected chi connectivity index (χ1v) is 13.0. The molecule has 2 aromatic heterocycles. The van der Waals surface area contributed by atoms with E-state index in [1.165, 1.54) is 11.3 Å². The number of nitrogens with one attached hydrogen (secondary N) is 1. The number of benzene rings is 2. The Morgan fingerprint density at radius 1 is 1.12 bits per heavy atom. The number of nitrogens with zero attached hydrogens (tertiary/aromatic N) is 3. The quantitative estimate of drug-likeness (QED) is 0.303. The summed E-state index contributed by atoms with van der Waals surface area (Å²) in [5.41, 5.74) is 6.55. The van der Waals surface area contributed by atoms with Gasteiger partial charge in [0.2, 0.25) is 0 Å². The van der Waals surface area contributed by atoms with Crippen LogP contribution in [0.5, 0.6) is 5.75 Å². The third kappa shape index (κ3) is 5.04. The highest BCUT2D eigenvalue weighted by Gasteiger charge is 2.20. The van der Waals surface area contributed by atoms with Crippen LogP contribution in [-0.2, 0) is 5.75 Å². The largest absolute Gasteiger partial charge is 0.495 e. The number of piperidine rings is 1. The number of ether oxygens (including phenoxy) is 1. The highest BCUT2D eigenvalue weighted by molar-refractivity contribution is 7.96. The Hall–Kier alpha value is -2.67. The standard InChI is InChI=1S/C27H29ClN4OS/c1-19-14-26(33-2)24(28)16-23(19)25-17-32-13-10-22(15-27(32)29-25)31-11-8-21(9-12-31)30-34-18-20-6-4-3-5-7-20/h3-7,10,13-17,21,30H,8-9,11-12,18H2,1-2H3. The molecule has 0 saturated carbocycles. The molecule has 0 bridgehead atoms. The number of rotatable bonds is 7. The molecule has 5 rings (SSSR count). The predicted octanol–water partition coefficient (Wildman–Crippen LogP) is 6.38. The molecular formula is C27H29ClN4OS. The molecule has 176 valence electrons. The normalized spacial score (nSPS) is 14.6. The summed E-state index contributed by atoms with van der Waals surface area (Å²) in [5, 5.41) is 0.597. The lowest BCUT2D eigenvalue weighted by Gasteiger charge is -2.33. The number of imidazole rings is 1. The van der Waals surface area contributed by atoms with E-state index in [9.17, 15) is 0 Å². The Labute approximate surface area is 210 Å². The van der Waals surface area contributed by atoms with Crippen LogP contribution in [0.4, 0.5) is 5.69 Å². The topological polar surface area (TPSA) is 41.8 Å². The van der Waals surface area contributed by atoms with Gasteiger partial charge in [0, 0.05) is 54.6 Å². The number of aryl methyl sites for hydroxylation is 1. The SMILES string of the molecule is COc1cc(C)c(-c2cn3ccc(N4CCC(NSCc5ccccc5)CC4)cc3n2)cc1Cl. The highest BCUT2D eigenvalue weighted by atomic mass is 35.5. The van der Waals surface area contributed by atoms with Gasteiger partial charge < -0.3 is 14.0 Å². The summed E-state index contributed by atoms with van der Waals surface area (Å²) in [5.74, 6) is 1.68. The highest BCUT2D eigenvalue weighted by Crippen LogP contribution is 2.33. The minimum absolute atomic E-state index is 0.550. The maximum Gasteiger partial charge on any atom is 0.139 e. The van der Waals surface area contributed by atoms with Gasteiger partial charge in [-0.15, -0.1) is 0 Å². The molecule has 1 aliphatic heterocycles. The summed E-state index contributed by atoms with van der Waals surface area (Å²) in [6.45, 7) is 4.14. The summed E-state index contributed by atoms with van der Waals surface area (Å²) >= 11 is 8.20. The second-order valence-corrected chi connectivity index (χ2v) is 9.95. The smallest absolute Gasteiger partial charge is 0.139 e. The van der Waals surface area contributed by atoms with Crippen molar-refractivity contribution in [3.05, 3.63) is 83.1 Å². The van der Waals surface area contributed by atoms with Gasteiger partial charge in [0.25, 0.3) is 0 Å². The summed E-state index contributed by atoms with van der Waals surface area (Å²) in [4.78, 5) is 7.36. The third-order valence-corrected chi connectivity index (χ3v) is 7.68. The third-order valence-electron chi connectivity index (χ3n) is 6.41. The first kappa shape index (κ1) is 23.1. The van der Waals surface area contributed by atoms with E-state index in [1.54, 1.807) is 7.11 Å². The second-order valence-electron chi connectivity index (χ2n) is 8.73. The van der Waals surface area contributed by atoms with Crippen LogP contribution in [-0.4, -0.2) is 35.6 Å². The van der Waals surface area contributed by atoms with Gasteiger partial charge in [-0.1, -0.05) is 53.9 Å². The van der Waals surface area contributed by atoms with Gasteiger partial charge in [-0.2, -0.15) is 0 Å². The molecule has 0 unspecified atom stereocenters. The van der Waals surface area contributed by atoms with Crippen LogP contribution in [0.2, 0.25) is 5.02 Å². The first-order chi connectivity index (χ1) is 16.6. The van der Waals surface area contributed by atoms with Gasteiger partial charge in [-0.3, -0.25) is 4.72 Å². The Morgan fingerprint density at radius 2 is 1.91 bits per heavy atom. The van der Waals surface area contributed by atoms with Crippen LogP contribution < -0.4 is 14.4 Å². The van der Waals surface area contributed by atoms with E-state index >= 15 is 0 Å². The lowest BCUT2D eigenvalue weighted by molar-refractivity contribution is 0.415. The molecule has 7 heteroatoms. The van der Waals surface area contributed by atoms with Crippen molar-refractivity contribution in [1.82, 2.24) is 14.1 Å². The Bertz CT molecular complexity index is 1270. The van der Waals surface area contributed by atoms with E-state index in [2.05, 4.69) is 75.8 Å². The Morgan fingerprint density at radius 3 is 2.68 bits per heavy atom. The predicted molar refractivity (Wildman–Crippen MR) is 143 cm³/mol. The zero-order chi connectivity index (χ0) is 23.5. The van der Waals surface area contributed by atoms with E-state index in [0.717, 1.165) is 54.2 Å². The van der Waals surface area contributed by atoms with Crippen molar-refractivity contribution in [2.24, 2.45) is 0 Å². The number of aromatic nitrogens is 2. The Kier molecular flexibility index (Phi) is 6.99. The number of fused-ring (bicyclic) bond motifs is 1. The maximum absolute atomic E-state index is 6.38. The van der Waals surface area contributed by atoms with Crippen molar-refractivity contribution in [3.63, 3.8) is 0 Å². The zero-order valence-electron chi connectivity index (χ0n) is 19.5. The van der Waals surface area contributed by atoms with Gasteiger partial charge in [0.05, 0.1) is 17.8 Å². The zero-order valence-corrected chi connectivity index (χ0v) is 21.1. The molecule has 3 heterocycles. The summed E-state index contributed by atoms with van der Waals surface area (Å²) in [6, 6.07) is 19.4. The average molecular weight is 493 g/mol. The molecule has 1 N–H and O–H groups in total. The van der Waals surface area contributed by atoms with Crippen LogP contribution in [0, 0.1) is 6.92 Å². The molecule has 0 spiro atoms. The molecule has 2 aromatic carbocycles. The Balaban J connectivity index is 1.23. The molecular weight excluding hydrogens is 464 g/mol. The number of methoxy groups -OCH3 is 1. The van der Waals surface area contributed by atoms with Gasteiger partial charge in [-0.05, 0) is 49.1 Å². The van der Waals surface area contributed by atoms with Gasteiger partial charge in [-0.25, -0.2) is 4.98 Å². The van der Waals surface area contributed by atoms with Crippen molar-refractivity contribution in [3.8, 4) is 17.0 Å². The molecule has 0 aliphatic carbocycles. The van der Waals surface area contributed by atoms with E-state index in [0.29, 0.717) is 16.8 Å². The van der Waals surface area contributed by atoms with Gasteiger partial charge in [0.15, 0.2) is 0 Å². The van der Waals surface area contributed by atoms with Crippen molar-refractivity contribution >= 4 is 34.9 Å². The molecule has 34 heavy (non-hydrogen) atoms. The summed E-state index contributed by atoms with van der Waals surface area (Å²) < 4.78 is 11.1. The van der Waals surface area contributed by atoms with E-state index in [1.807, 2.05) is 24.1 Å². The molecule has 4 aromatic rings. The van der Waals surface area contributed by atoms with E-state index in [4.69, 9.17) is 21.3 Å². The molecule has 1 fully saturated rings. The van der Waals surface area contributed by atoms with Gasteiger partial charge in [0.1, 0.15) is 11.4 Å². The fraction of sp³-hybridized carbons (Fsp3) is 0.296. The molecule has 0 atom stereocenters. The first-order valence-electron chi connectivity index (χ1n) is 11.6. The maximum atomic E-state index is 6.38. The van der Waals surface area contributed by atoms with Crippen molar-refractivity contribution in [2.45, 2.75) is 31.6 Å². The van der Waals surface area contributed by atoms with E-state index in [-0.39, 0.29) is 0 Å². The lowest BCUT2D eigenvalue weighted by atomic mass is 10.1. The molecule has 1 aliphatic rings. The molecule has 0 radical (unpaired) electrons. The van der Waals surface area contributed by atoms with Crippen LogP contribution >= 0.6 is 23.5 Å². The van der Waals surface area contributed by atoms with Crippen LogP contribution in [0.15, 0.2) is 67.0 Å². The van der Waals surface area contributed by atoms with Crippen LogP contribution in [0.1, 0.15) is 24.0 Å². The number of hydrogen-bond acceptors (Lipinski definition) is 5. The summed E-state index contributed by atoms with van der Waals surface area (Å²) in [7, 11) is 1.63. The average Bonchev–Trinajstić information content (AvgIpc) is 3.29. The minimum atomic E-state index is 0.550. The van der Waals surface area contributed by atoms with Crippen LogP contribution in [0.25, 0.3) is 16.9 Å². The number of pyridine rings is 1. The van der Waals surface area contributed by atoms with Crippen LogP contribution in [0.3, 0.4) is 0 Å². The second kappa shape index (κ2) is 10.3. The molecule has 0 amide bonds. The number of halogens is 1. The molecule has 1 saturated heterocycles. The van der Waals surface area contributed by atoms with Gasteiger partial charge >= 0.3 is 0 Å². The summed E-state index contributed by atoms with van der Waals surface area (Å²) in [6.07, 6.45) is 6.43. The lowest BCUT2D eigenvalue weighted by Crippen LogP contribution is -2.40.